The van der Waals surface area contributed by atoms with Crippen LogP contribution in [0.4, 0.5) is 5.69 Å². The van der Waals surface area contributed by atoms with Crippen molar-refractivity contribution in [3.05, 3.63) is 30.0 Å². The average molecular weight is 270 g/mol. The molecule has 0 saturated heterocycles. The number of nitrogens with two attached hydrogens (primary N) is 1. The molecule has 1 heterocycles. The van der Waals surface area contributed by atoms with Gasteiger partial charge in [0.05, 0.1) is 0 Å². The smallest absolute Gasteiger partial charge is 0.0458 e. The van der Waals surface area contributed by atoms with E-state index in [4.69, 9.17) is 5.73 Å². The Morgan fingerprint density at radius 2 is 2.00 bits per heavy atom. The van der Waals surface area contributed by atoms with Crippen molar-refractivity contribution < 1.29 is 0 Å². The fourth-order valence-electron chi connectivity index (χ4n) is 3.76. The molecule has 20 heavy (non-hydrogen) atoms. The molecule has 0 aliphatic heterocycles. The van der Waals surface area contributed by atoms with Gasteiger partial charge in [0.1, 0.15) is 0 Å². The van der Waals surface area contributed by atoms with Crippen molar-refractivity contribution in [2.45, 2.75) is 52.4 Å². The van der Waals surface area contributed by atoms with E-state index < -0.39 is 0 Å². The molecule has 1 fully saturated rings. The lowest BCUT2D eigenvalue weighted by Gasteiger charge is -2.37. The Morgan fingerprint density at radius 3 is 2.75 bits per heavy atom. The summed E-state index contributed by atoms with van der Waals surface area (Å²) >= 11 is 0. The maximum absolute atomic E-state index is 5.96. The van der Waals surface area contributed by atoms with E-state index in [1.165, 1.54) is 42.1 Å². The molecule has 1 aliphatic carbocycles. The van der Waals surface area contributed by atoms with Gasteiger partial charge in [0.15, 0.2) is 0 Å². The Hall–Kier alpha value is -1.44. The highest BCUT2D eigenvalue weighted by Gasteiger charge is 2.31. The maximum atomic E-state index is 5.96. The highest BCUT2D eigenvalue weighted by molar-refractivity contribution is 5.86. The van der Waals surface area contributed by atoms with Gasteiger partial charge in [-0.3, -0.25) is 0 Å². The lowest BCUT2D eigenvalue weighted by atomic mass is 9.68. The fourth-order valence-corrected chi connectivity index (χ4v) is 3.76. The number of benzene rings is 1. The van der Waals surface area contributed by atoms with E-state index in [0.717, 1.165) is 11.6 Å². The summed E-state index contributed by atoms with van der Waals surface area (Å²) in [4.78, 5) is 3.41. The SMILES string of the molecule is CC(C)(C)C1CCCC(c2c[nH]c3ccc(N)cc23)C1. The van der Waals surface area contributed by atoms with E-state index in [1.807, 2.05) is 6.07 Å². The number of hydrogen-bond donors (Lipinski definition) is 2. The summed E-state index contributed by atoms with van der Waals surface area (Å²) in [6, 6.07) is 6.20. The third kappa shape index (κ3) is 2.44. The van der Waals surface area contributed by atoms with Gasteiger partial charge < -0.3 is 10.7 Å². The third-order valence-electron chi connectivity index (χ3n) is 5.08. The summed E-state index contributed by atoms with van der Waals surface area (Å²) in [6.45, 7) is 7.15. The molecule has 3 N–H and O–H groups in total. The van der Waals surface area contributed by atoms with E-state index in [9.17, 15) is 0 Å². The van der Waals surface area contributed by atoms with Gasteiger partial charge >= 0.3 is 0 Å². The molecule has 108 valence electrons. The van der Waals surface area contributed by atoms with Gasteiger partial charge in [-0.2, -0.15) is 0 Å². The predicted molar refractivity (Wildman–Crippen MR) is 86.9 cm³/mol. The summed E-state index contributed by atoms with van der Waals surface area (Å²) in [5.74, 6) is 1.51. The molecule has 3 rings (SSSR count). The average Bonchev–Trinajstić information content (AvgIpc) is 2.81. The van der Waals surface area contributed by atoms with Gasteiger partial charge in [-0.15, -0.1) is 0 Å². The van der Waals surface area contributed by atoms with Gasteiger partial charge in [0, 0.05) is 22.8 Å². The Bertz CT molecular complexity index is 603. The lowest BCUT2D eigenvalue weighted by molar-refractivity contribution is 0.166. The van der Waals surface area contributed by atoms with Crippen LogP contribution in [0.15, 0.2) is 24.4 Å². The summed E-state index contributed by atoms with van der Waals surface area (Å²) in [5, 5.41) is 1.32. The summed E-state index contributed by atoms with van der Waals surface area (Å²) < 4.78 is 0. The van der Waals surface area contributed by atoms with Crippen molar-refractivity contribution in [3.63, 3.8) is 0 Å². The number of aromatic nitrogens is 1. The Morgan fingerprint density at radius 1 is 1.20 bits per heavy atom. The number of nitrogens with one attached hydrogen (secondary N) is 1. The Balaban J connectivity index is 1.92. The molecule has 0 bridgehead atoms. The van der Waals surface area contributed by atoms with E-state index in [2.05, 4.69) is 44.1 Å². The quantitative estimate of drug-likeness (QED) is 0.698. The number of aromatic amines is 1. The lowest BCUT2D eigenvalue weighted by Crippen LogP contribution is -2.26. The number of fused-ring (bicyclic) bond motifs is 1. The first-order chi connectivity index (χ1) is 9.45. The Kier molecular flexibility index (Phi) is 3.27. The maximum Gasteiger partial charge on any atom is 0.0458 e. The van der Waals surface area contributed by atoms with Crippen molar-refractivity contribution in [2.75, 3.05) is 5.73 Å². The van der Waals surface area contributed by atoms with E-state index in [-0.39, 0.29) is 0 Å². The Labute approximate surface area is 121 Å². The standard InChI is InChI=1S/C18H26N2/c1-18(2,3)13-6-4-5-12(9-13)16-11-20-17-8-7-14(19)10-15(16)17/h7-8,10-13,20H,4-6,9,19H2,1-3H3. The predicted octanol–water partition coefficient (Wildman–Crippen LogP) is 5.07. The second-order valence-electron chi connectivity index (χ2n) is 7.48. The molecule has 0 radical (unpaired) electrons. The first kappa shape index (κ1) is 13.5. The zero-order valence-electron chi connectivity index (χ0n) is 12.9. The molecular formula is C18H26N2. The number of anilines is 1. The van der Waals surface area contributed by atoms with Gasteiger partial charge in [0.2, 0.25) is 0 Å². The van der Waals surface area contributed by atoms with Crippen molar-refractivity contribution in [1.82, 2.24) is 4.98 Å². The van der Waals surface area contributed by atoms with Gasteiger partial charge in [-0.25, -0.2) is 0 Å². The number of H-pyrrole nitrogens is 1. The largest absolute Gasteiger partial charge is 0.399 e. The van der Waals surface area contributed by atoms with Crippen molar-refractivity contribution in [1.29, 1.82) is 0 Å². The summed E-state index contributed by atoms with van der Waals surface area (Å²) in [7, 11) is 0. The van der Waals surface area contributed by atoms with Crippen LogP contribution in [0.25, 0.3) is 10.9 Å². The molecule has 2 aromatic rings. The van der Waals surface area contributed by atoms with Crippen molar-refractivity contribution in [2.24, 2.45) is 11.3 Å². The minimum atomic E-state index is 0.420. The molecule has 1 aromatic heterocycles. The highest BCUT2D eigenvalue weighted by atomic mass is 14.7. The topological polar surface area (TPSA) is 41.8 Å². The second-order valence-corrected chi connectivity index (χ2v) is 7.48. The summed E-state index contributed by atoms with van der Waals surface area (Å²) in [6.07, 6.45) is 7.56. The zero-order chi connectivity index (χ0) is 14.3. The summed E-state index contributed by atoms with van der Waals surface area (Å²) in [5.41, 5.74) is 9.94. The molecule has 2 atom stereocenters. The van der Waals surface area contributed by atoms with E-state index >= 15 is 0 Å². The molecule has 0 spiro atoms. The second kappa shape index (κ2) is 4.83. The van der Waals surface area contributed by atoms with Crippen molar-refractivity contribution in [3.8, 4) is 0 Å². The number of rotatable bonds is 1. The van der Waals surface area contributed by atoms with Crippen LogP contribution < -0.4 is 5.73 Å². The fraction of sp³-hybridized carbons (Fsp3) is 0.556. The van der Waals surface area contributed by atoms with Crippen LogP contribution in [0.3, 0.4) is 0 Å². The molecule has 2 nitrogen and oxygen atoms in total. The van der Waals surface area contributed by atoms with Crippen LogP contribution in [0.2, 0.25) is 0 Å². The highest BCUT2D eigenvalue weighted by Crippen LogP contribution is 2.45. The molecule has 1 aromatic carbocycles. The normalized spacial score (nSPS) is 24.1. The van der Waals surface area contributed by atoms with Gasteiger partial charge in [0.25, 0.3) is 0 Å². The van der Waals surface area contributed by atoms with Crippen LogP contribution in [-0.2, 0) is 0 Å². The monoisotopic (exact) mass is 270 g/mol. The molecule has 2 unspecified atom stereocenters. The molecule has 1 saturated carbocycles. The first-order valence-electron chi connectivity index (χ1n) is 7.81. The van der Waals surface area contributed by atoms with Crippen LogP contribution in [-0.4, -0.2) is 4.98 Å². The van der Waals surface area contributed by atoms with Crippen LogP contribution in [0.1, 0.15) is 57.9 Å². The van der Waals surface area contributed by atoms with E-state index in [1.54, 1.807) is 0 Å². The van der Waals surface area contributed by atoms with Crippen LogP contribution >= 0.6 is 0 Å². The van der Waals surface area contributed by atoms with Gasteiger partial charge in [-0.05, 0) is 60.3 Å². The number of nitrogen functional groups attached to an aromatic ring is 1. The minimum absolute atomic E-state index is 0.420. The van der Waals surface area contributed by atoms with Crippen molar-refractivity contribution >= 4 is 16.6 Å². The molecular weight excluding hydrogens is 244 g/mol. The van der Waals surface area contributed by atoms with Crippen LogP contribution in [0, 0.1) is 11.3 Å². The van der Waals surface area contributed by atoms with Gasteiger partial charge in [-0.1, -0.05) is 27.2 Å². The van der Waals surface area contributed by atoms with E-state index in [0.29, 0.717) is 11.3 Å². The molecule has 1 aliphatic rings. The molecule has 2 heteroatoms. The van der Waals surface area contributed by atoms with Crippen LogP contribution in [0.5, 0.6) is 0 Å². The minimum Gasteiger partial charge on any atom is -0.399 e. The molecule has 0 amide bonds. The first-order valence-corrected chi connectivity index (χ1v) is 7.81. The number of hydrogen-bond acceptors (Lipinski definition) is 1. The zero-order valence-corrected chi connectivity index (χ0v) is 12.9. The third-order valence-corrected chi connectivity index (χ3v) is 5.08.